The fourth-order valence-electron chi connectivity index (χ4n) is 2.18. The largest absolute Gasteiger partial charge is 0.457 e. The van der Waals surface area contributed by atoms with Crippen LogP contribution in [0, 0.1) is 5.82 Å². The van der Waals surface area contributed by atoms with Gasteiger partial charge in [0.05, 0.1) is 0 Å². The van der Waals surface area contributed by atoms with Crippen molar-refractivity contribution in [3.63, 3.8) is 0 Å². The summed E-state index contributed by atoms with van der Waals surface area (Å²) in [6.45, 7) is 0. The normalized spacial score (nSPS) is 15.3. The fraction of sp³-hybridized carbons (Fsp3) is 0.200. The average molecular weight is 355 g/mol. The van der Waals surface area contributed by atoms with Crippen molar-refractivity contribution in [1.29, 1.82) is 0 Å². The van der Waals surface area contributed by atoms with Crippen LogP contribution in [0.1, 0.15) is 11.1 Å². The minimum atomic E-state index is -6.12. The molecule has 1 unspecified atom stereocenters. The van der Waals surface area contributed by atoms with E-state index in [1.54, 1.807) is 0 Å². The maximum atomic E-state index is 14.1. The van der Waals surface area contributed by atoms with Gasteiger partial charge in [0.25, 0.3) is 0 Å². The topological polar surface area (TPSA) is 20.2 Å². The minimum Gasteiger partial charge on any atom is -0.374 e. The summed E-state index contributed by atoms with van der Waals surface area (Å²) < 4.78 is 80.7. The number of alkyl halides is 5. The number of aliphatic hydroxyl groups is 1. The highest BCUT2D eigenvalue weighted by Crippen LogP contribution is 2.52. The number of hydrogen-bond donors (Lipinski definition) is 1. The zero-order valence-corrected chi connectivity index (χ0v) is 12.0. The number of rotatable bonds is 3. The molecule has 0 spiro atoms. The Bertz CT molecular complexity index is 715. The van der Waals surface area contributed by atoms with Crippen molar-refractivity contribution in [3.05, 3.63) is 70.5 Å². The van der Waals surface area contributed by atoms with Crippen LogP contribution in [0.2, 0.25) is 5.02 Å². The van der Waals surface area contributed by atoms with Crippen LogP contribution in [0.25, 0.3) is 0 Å². The lowest BCUT2D eigenvalue weighted by molar-refractivity contribution is -0.337. The molecule has 0 amide bonds. The van der Waals surface area contributed by atoms with Crippen LogP contribution in [0.5, 0.6) is 0 Å². The third kappa shape index (κ3) is 2.79. The quantitative estimate of drug-likeness (QED) is 0.776. The summed E-state index contributed by atoms with van der Waals surface area (Å²) in [5, 5.41) is 10.2. The van der Waals surface area contributed by atoms with Crippen molar-refractivity contribution in [2.45, 2.75) is 17.7 Å². The molecule has 0 heterocycles. The standard InChI is InChI=1S/C15H9ClF6O/c16-10-5-3-4-9(8-10)13(23,14(18,19)15(20,21)22)11-6-1-2-7-12(11)17/h1-8,23H. The first-order chi connectivity index (χ1) is 10.5. The van der Waals surface area contributed by atoms with Crippen LogP contribution in [0.4, 0.5) is 26.3 Å². The molecule has 2 rings (SSSR count). The van der Waals surface area contributed by atoms with Gasteiger partial charge in [-0.05, 0) is 23.8 Å². The molecule has 2 aromatic carbocycles. The molecule has 0 bridgehead atoms. The Morgan fingerprint density at radius 2 is 1.48 bits per heavy atom. The van der Waals surface area contributed by atoms with Crippen LogP contribution in [-0.4, -0.2) is 17.2 Å². The lowest BCUT2D eigenvalue weighted by Crippen LogP contribution is -2.56. The van der Waals surface area contributed by atoms with Crippen molar-refractivity contribution in [2.75, 3.05) is 0 Å². The van der Waals surface area contributed by atoms with E-state index >= 15 is 0 Å². The van der Waals surface area contributed by atoms with E-state index in [4.69, 9.17) is 11.6 Å². The average Bonchev–Trinajstić information content (AvgIpc) is 2.45. The Balaban J connectivity index is 2.83. The van der Waals surface area contributed by atoms with E-state index in [0.717, 1.165) is 30.3 Å². The Morgan fingerprint density at radius 3 is 2.00 bits per heavy atom. The predicted octanol–water partition coefficient (Wildman–Crippen LogP) is 4.91. The van der Waals surface area contributed by atoms with Gasteiger partial charge in [0, 0.05) is 10.6 Å². The zero-order valence-electron chi connectivity index (χ0n) is 11.2. The van der Waals surface area contributed by atoms with Gasteiger partial charge >= 0.3 is 12.1 Å². The van der Waals surface area contributed by atoms with Crippen molar-refractivity contribution >= 4 is 11.6 Å². The lowest BCUT2D eigenvalue weighted by atomic mass is 9.80. The van der Waals surface area contributed by atoms with E-state index < -0.39 is 34.6 Å². The first kappa shape index (κ1) is 17.6. The van der Waals surface area contributed by atoms with E-state index in [1.807, 2.05) is 0 Å². The van der Waals surface area contributed by atoms with Crippen molar-refractivity contribution in [3.8, 4) is 0 Å². The van der Waals surface area contributed by atoms with Crippen LogP contribution in [-0.2, 0) is 5.60 Å². The highest BCUT2D eigenvalue weighted by atomic mass is 35.5. The second kappa shape index (κ2) is 5.72. The molecule has 0 aliphatic rings. The first-order valence-electron chi connectivity index (χ1n) is 6.20. The molecule has 1 atom stereocenters. The predicted molar refractivity (Wildman–Crippen MR) is 71.9 cm³/mol. The number of hydrogen-bond acceptors (Lipinski definition) is 1. The van der Waals surface area contributed by atoms with Crippen LogP contribution >= 0.6 is 11.6 Å². The maximum absolute atomic E-state index is 14.1. The highest BCUT2D eigenvalue weighted by Gasteiger charge is 2.71. The van der Waals surface area contributed by atoms with Gasteiger partial charge in [-0.15, -0.1) is 0 Å². The minimum absolute atomic E-state index is 0.185. The summed E-state index contributed by atoms with van der Waals surface area (Å²) in [4.78, 5) is 0. The van der Waals surface area contributed by atoms with E-state index in [9.17, 15) is 31.4 Å². The summed E-state index contributed by atoms with van der Waals surface area (Å²) in [7, 11) is 0. The van der Waals surface area contributed by atoms with Gasteiger partial charge in [-0.2, -0.15) is 22.0 Å². The van der Waals surface area contributed by atoms with Gasteiger partial charge < -0.3 is 5.11 Å². The number of halogens is 7. The van der Waals surface area contributed by atoms with Crippen LogP contribution < -0.4 is 0 Å². The van der Waals surface area contributed by atoms with Gasteiger partial charge in [0.1, 0.15) is 5.82 Å². The summed E-state index contributed by atoms with van der Waals surface area (Å²) >= 11 is 5.61. The third-order valence-corrected chi connectivity index (χ3v) is 3.55. The molecule has 23 heavy (non-hydrogen) atoms. The molecule has 0 aromatic heterocycles. The smallest absolute Gasteiger partial charge is 0.374 e. The van der Waals surface area contributed by atoms with Gasteiger partial charge in [-0.3, -0.25) is 0 Å². The van der Waals surface area contributed by atoms with Gasteiger partial charge in [-0.1, -0.05) is 41.9 Å². The highest BCUT2D eigenvalue weighted by molar-refractivity contribution is 6.30. The van der Waals surface area contributed by atoms with E-state index in [-0.39, 0.29) is 5.02 Å². The summed E-state index contributed by atoms with van der Waals surface area (Å²) in [5.41, 5.74) is -6.05. The van der Waals surface area contributed by atoms with Crippen molar-refractivity contribution < 1.29 is 31.4 Å². The lowest BCUT2D eigenvalue weighted by Gasteiger charge is -2.37. The Labute approximate surface area is 132 Å². The molecule has 0 radical (unpaired) electrons. The second-order valence-electron chi connectivity index (χ2n) is 4.77. The summed E-state index contributed by atoms with van der Waals surface area (Å²) in [5.74, 6) is -7.06. The van der Waals surface area contributed by atoms with E-state index in [2.05, 4.69) is 0 Å². The maximum Gasteiger partial charge on any atom is 0.457 e. The van der Waals surface area contributed by atoms with Crippen LogP contribution in [0.3, 0.4) is 0 Å². The molecule has 0 saturated carbocycles. The molecule has 0 fully saturated rings. The van der Waals surface area contributed by atoms with Crippen molar-refractivity contribution in [2.24, 2.45) is 0 Å². The molecule has 0 aliphatic carbocycles. The van der Waals surface area contributed by atoms with Gasteiger partial charge in [-0.25, -0.2) is 4.39 Å². The molecule has 0 aliphatic heterocycles. The molecular weight excluding hydrogens is 346 g/mol. The Hall–Kier alpha value is -1.73. The van der Waals surface area contributed by atoms with Crippen LogP contribution in [0.15, 0.2) is 48.5 Å². The molecule has 8 heteroatoms. The Kier molecular flexibility index (Phi) is 4.38. The third-order valence-electron chi connectivity index (χ3n) is 3.32. The first-order valence-corrected chi connectivity index (χ1v) is 6.57. The molecule has 2 aromatic rings. The molecule has 0 saturated heterocycles. The molecule has 1 N–H and O–H groups in total. The SMILES string of the molecule is OC(c1cccc(Cl)c1)(c1ccccc1F)C(F)(F)C(F)(F)F. The van der Waals surface area contributed by atoms with E-state index in [1.165, 1.54) is 6.07 Å². The summed E-state index contributed by atoms with van der Waals surface area (Å²) in [6, 6.07) is 7.33. The summed E-state index contributed by atoms with van der Waals surface area (Å²) in [6.07, 6.45) is -6.12. The fourth-order valence-corrected chi connectivity index (χ4v) is 2.37. The zero-order chi connectivity index (χ0) is 17.5. The Morgan fingerprint density at radius 1 is 0.870 bits per heavy atom. The van der Waals surface area contributed by atoms with Crippen molar-refractivity contribution in [1.82, 2.24) is 0 Å². The number of benzene rings is 2. The van der Waals surface area contributed by atoms with E-state index in [0.29, 0.717) is 12.1 Å². The molecule has 1 nitrogen and oxygen atoms in total. The molecular formula is C15H9ClF6O. The molecule has 124 valence electrons. The second-order valence-corrected chi connectivity index (χ2v) is 5.21. The van der Waals surface area contributed by atoms with Gasteiger partial charge in [0.15, 0.2) is 5.60 Å². The van der Waals surface area contributed by atoms with Gasteiger partial charge in [0.2, 0.25) is 0 Å². The monoisotopic (exact) mass is 354 g/mol.